The summed E-state index contributed by atoms with van der Waals surface area (Å²) in [5.74, 6) is -1.47. The number of anilines is 1. The number of amides is 3. The number of aliphatic carboxylic acids is 1. The first-order valence-corrected chi connectivity index (χ1v) is 7.18. The second-order valence-corrected chi connectivity index (χ2v) is 5.54. The Balaban J connectivity index is 2.54. The van der Waals surface area contributed by atoms with E-state index >= 15 is 0 Å². The van der Waals surface area contributed by atoms with Gasteiger partial charge in [0.2, 0.25) is 5.91 Å². The van der Waals surface area contributed by atoms with Crippen molar-refractivity contribution < 1.29 is 19.5 Å². The van der Waals surface area contributed by atoms with Crippen LogP contribution in [0.5, 0.6) is 0 Å². The summed E-state index contributed by atoms with van der Waals surface area (Å²) in [5, 5.41) is 13.2. The Labute approximate surface area is 131 Å². The summed E-state index contributed by atoms with van der Waals surface area (Å²) in [7, 11) is 0. The number of urea groups is 1. The number of hydrogen-bond donors (Lipinski definition) is 3. The zero-order valence-electron chi connectivity index (χ0n) is 11.8. The second kappa shape index (κ2) is 7.78. The SMILES string of the molecule is Cc1cc(C)c(NC(=O)NC(=O)CCCC(=O)O)c(Br)c1. The fourth-order valence-electron chi connectivity index (χ4n) is 1.81. The molecule has 0 heterocycles. The molecule has 0 aliphatic carbocycles. The van der Waals surface area contributed by atoms with Crippen molar-refractivity contribution in [1.82, 2.24) is 5.32 Å². The van der Waals surface area contributed by atoms with E-state index in [1.807, 2.05) is 26.0 Å². The Morgan fingerprint density at radius 3 is 2.43 bits per heavy atom. The summed E-state index contributed by atoms with van der Waals surface area (Å²) >= 11 is 3.36. The van der Waals surface area contributed by atoms with Crippen LogP contribution in [0.15, 0.2) is 16.6 Å². The molecule has 1 aromatic rings. The number of carboxylic acids is 1. The maximum atomic E-state index is 11.7. The number of benzene rings is 1. The van der Waals surface area contributed by atoms with E-state index in [0.29, 0.717) is 5.69 Å². The number of imide groups is 1. The number of halogens is 1. The van der Waals surface area contributed by atoms with E-state index in [4.69, 9.17) is 5.11 Å². The Hall–Kier alpha value is -1.89. The van der Waals surface area contributed by atoms with E-state index in [-0.39, 0.29) is 19.3 Å². The molecule has 0 bridgehead atoms. The zero-order chi connectivity index (χ0) is 16.0. The van der Waals surface area contributed by atoms with Gasteiger partial charge in [-0.05, 0) is 53.4 Å². The van der Waals surface area contributed by atoms with E-state index in [2.05, 4.69) is 26.6 Å². The minimum absolute atomic E-state index is 0.00618. The number of carboxylic acid groups (broad SMARTS) is 1. The molecular weight excluding hydrogens is 340 g/mol. The second-order valence-electron chi connectivity index (χ2n) is 4.69. The largest absolute Gasteiger partial charge is 0.481 e. The Kier molecular flexibility index (Phi) is 6.36. The highest BCUT2D eigenvalue weighted by Gasteiger charge is 2.12. The monoisotopic (exact) mass is 356 g/mol. The Morgan fingerprint density at radius 2 is 1.86 bits per heavy atom. The number of carbonyl (C=O) groups excluding carboxylic acids is 2. The molecule has 0 aliphatic rings. The predicted molar refractivity (Wildman–Crippen MR) is 82.3 cm³/mol. The highest BCUT2D eigenvalue weighted by atomic mass is 79.9. The normalized spacial score (nSPS) is 10.0. The minimum atomic E-state index is -0.966. The van der Waals surface area contributed by atoms with Crippen molar-refractivity contribution in [2.75, 3.05) is 5.32 Å². The molecule has 114 valence electrons. The van der Waals surface area contributed by atoms with Crippen LogP contribution in [0.4, 0.5) is 10.5 Å². The number of rotatable bonds is 5. The van der Waals surface area contributed by atoms with Gasteiger partial charge in [0.25, 0.3) is 0 Å². The van der Waals surface area contributed by atoms with Gasteiger partial charge in [0.15, 0.2) is 0 Å². The highest BCUT2D eigenvalue weighted by molar-refractivity contribution is 9.10. The lowest BCUT2D eigenvalue weighted by Gasteiger charge is -2.12. The van der Waals surface area contributed by atoms with Crippen LogP contribution in [0.1, 0.15) is 30.4 Å². The van der Waals surface area contributed by atoms with Crippen LogP contribution < -0.4 is 10.6 Å². The van der Waals surface area contributed by atoms with E-state index < -0.39 is 17.9 Å². The summed E-state index contributed by atoms with van der Waals surface area (Å²) in [6.45, 7) is 3.79. The predicted octanol–water partition coefficient (Wildman–Crippen LogP) is 2.97. The molecule has 21 heavy (non-hydrogen) atoms. The maximum absolute atomic E-state index is 11.7. The van der Waals surface area contributed by atoms with Crippen LogP contribution in [0.25, 0.3) is 0 Å². The first kappa shape index (κ1) is 17.2. The highest BCUT2D eigenvalue weighted by Crippen LogP contribution is 2.27. The van der Waals surface area contributed by atoms with Gasteiger partial charge in [-0.3, -0.25) is 14.9 Å². The first-order chi connectivity index (χ1) is 9.79. The van der Waals surface area contributed by atoms with E-state index in [1.165, 1.54) is 0 Å². The summed E-state index contributed by atoms with van der Waals surface area (Å²) in [4.78, 5) is 33.5. The summed E-state index contributed by atoms with van der Waals surface area (Å²) in [5.41, 5.74) is 2.52. The van der Waals surface area contributed by atoms with Gasteiger partial charge >= 0.3 is 12.0 Å². The molecule has 3 N–H and O–H groups in total. The van der Waals surface area contributed by atoms with Crippen molar-refractivity contribution in [2.24, 2.45) is 0 Å². The molecule has 1 aromatic carbocycles. The third kappa shape index (κ3) is 5.95. The van der Waals surface area contributed by atoms with Gasteiger partial charge < -0.3 is 10.4 Å². The number of nitrogens with one attached hydrogen (secondary N) is 2. The average Bonchev–Trinajstić information content (AvgIpc) is 2.33. The van der Waals surface area contributed by atoms with Gasteiger partial charge in [-0.2, -0.15) is 0 Å². The zero-order valence-corrected chi connectivity index (χ0v) is 13.4. The molecule has 0 aliphatic heterocycles. The smallest absolute Gasteiger partial charge is 0.325 e. The quantitative estimate of drug-likeness (QED) is 0.755. The fourth-order valence-corrected chi connectivity index (χ4v) is 2.58. The molecule has 0 unspecified atom stereocenters. The summed E-state index contributed by atoms with van der Waals surface area (Å²) < 4.78 is 0.730. The van der Waals surface area contributed by atoms with Crippen molar-refractivity contribution in [3.63, 3.8) is 0 Å². The van der Waals surface area contributed by atoms with Gasteiger partial charge in [0.1, 0.15) is 0 Å². The molecule has 0 aromatic heterocycles. The van der Waals surface area contributed by atoms with E-state index in [0.717, 1.165) is 15.6 Å². The molecule has 3 amide bonds. The van der Waals surface area contributed by atoms with Crippen molar-refractivity contribution in [1.29, 1.82) is 0 Å². The third-order valence-corrected chi connectivity index (χ3v) is 3.34. The van der Waals surface area contributed by atoms with Crippen molar-refractivity contribution >= 4 is 39.5 Å². The van der Waals surface area contributed by atoms with Gasteiger partial charge in [-0.25, -0.2) is 4.79 Å². The molecule has 6 nitrogen and oxygen atoms in total. The average molecular weight is 357 g/mol. The van der Waals surface area contributed by atoms with Crippen LogP contribution in [0, 0.1) is 13.8 Å². The van der Waals surface area contributed by atoms with Gasteiger partial charge in [0, 0.05) is 17.3 Å². The van der Waals surface area contributed by atoms with Gasteiger partial charge in [-0.1, -0.05) is 6.07 Å². The lowest BCUT2D eigenvalue weighted by Crippen LogP contribution is -2.34. The Morgan fingerprint density at radius 1 is 1.19 bits per heavy atom. The molecule has 7 heteroatoms. The van der Waals surface area contributed by atoms with Crippen LogP contribution >= 0.6 is 15.9 Å². The maximum Gasteiger partial charge on any atom is 0.325 e. The third-order valence-electron chi connectivity index (χ3n) is 2.72. The molecule has 1 rings (SSSR count). The molecular formula is C14H17BrN2O4. The molecule has 0 spiro atoms. The molecule has 0 radical (unpaired) electrons. The van der Waals surface area contributed by atoms with Gasteiger partial charge in [0.05, 0.1) is 5.69 Å². The lowest BCUT2D eigenvalue weighted by molar-refractivity contribution is -0.137. The standard InChI is InChI=1S/C14H17BrN2O4/c1-8-6-9(2)13(10(15)7-8)17-14(21)16-11(18)4-3-5-12(19)20/h6-7H,3-5H2,1-2H3,(H,19,20)(H2,16,17,18,21). The summed E-state index contributed by atoms with van der Waals surface area (Å²) in [6.07, 6.45) is 0.0904. The number of aryl methyl sites for hydroxylation is 2. The van der Waals surface area contributed by atoms with Crippen LogP contribution in [-0.4, -0.2) is 23.0 Å². The molecule has 0 fully saturated rings. The Bertz CT molecular complexity index is 549. The molecule has 0 saturated carbocycles. The van der Waals surface area contributed by atoms with Crippen molar-refractivity contribution in [3.05, 3.63) is 27.7 Å². The summed E-state index contributed by atoms with van der Waals surface area (Å²) in [6, 6.07) is 3.13. The minimum Gasteiger partial charge on any atom is -0.481 e. The van der Waals surface area contributed by atoms with Gasteiger partial charge in [-0.15, -0.1) is 0 Å². The van der Waals surface area contributed by atoms with Crippen molar-refractivity contribution in [2.45, 2.75) is 33.1 Å². The van der Waals surface area contributed by atoms with E-state index in [1.54, 1.807) is 0 Å². The van der Waals surface area contributed by atoms with Crippen LogP contribution in [0.2, 0.25) is 0 Å². The number of hydrogen-bond acceptors (Lipinski definition) is 3. The van der Waals surface area contributed by atoms with E-state index in [9.17, 15) is 14.4 Å². The molecule has 0 saturated heterocycles. The lowest BCUT2D eigenvalue weighted by atomic mass is 10.1. The van der Waals surface area contributed by atoms with Crippen LogP contribution in [-0.2, 0) is 9.59 Å². The number of carbonyl (C=O) groups is 3. The van der Waals surface area contributed by atoms with Crippen LogP contribution in [0.3, 0.4) is 0 Å². The molecule has 0 atom stereocenters. The fraction of sp³-hybridized carbons (Fsp3) is 0.357. The topological polar surface area (TPSA) is 95.5 Å². The van der Waals surface area contributed by atoms with Crippen molar-refractivity contribution in [3.8, 4) is 0 Å². The first-order valence-electron chi connectivity index (χ1n) is 6.39.